The summed E-state index contributed by atoms with van der Waals surface area (Å²) in [6, 6.07) is 7.63. The molecule has 1 aromatic rings. The third kappa shape index (κ3) is 3.32. The molecule has 1 aliphatic heterocycles. The minimum absolute atomic E-state index is 0.116. The maximum atomic E-state index is 12.4. The first-order chi connectivity index (χ1) is 11.1. The minimum Gasteiger partial charge on any atom is -0.484 e. The smallest absolute Gasteiger partial charge is 0.255 e. The van der Waals surface area contributed by atoms with E-state index in [1.54, 1.807) is 0 Å². The lowest BCUT2D eigenvalue weighted by Crippen LogP contribution is -2.63. The molecule has 0 radical (unpaired) electrons. The number of benzene rings is 1. The van der Waals surface area contributed by atoms with Crippen molar-refractivity contribution in [3.63, 3.8) is 0 Å². The van der Waals surface area contributed by atoms with Crippen molar-refractivity contribution in [3.05, 3.63) is 29.8 Å². The van der Waals surface area contributed by atoms with Gasteiger partial charge in [-0.25, -0.2) is 0 Å². The van der Waals surface area contributed by atoms with E-state index >= 15 is 0 Å². The van der Waals surface area contributed by atoms with Crippen LogP contribution in [-0.2, 0) is 16.1 Å². The molecule has 0 unspecified atom stereocenters. The van der Waals surface area contributed by atoms with Gasteiger partial charge in [-0.2, -0.15) is 0 Å². The molecule has 1 saturated heterocycles. The van der Waals surface area contributed by atoms with Crippen LogP contribution >= 0.6 is 0 Å². The third-order valence-electron chi connectivity index (χ3n) is 4.80. The molecule has 0 bridgehead atoms. The van der Waals surface area contributed by atoms with Gasteiger partial charge in [0.1, 0.15) is 11.3 Å². The van der Waals surface area contributed by atoms with E-state index in [9.17, 15) is 9.59 Å². The van der Waals surface area contributed by atoms with Crippen molar-refractivity contribution < 1.29 is 14.3 Å². The topological polar surface area (TPSA) is 84.7 Å². The molecular weight excluding hydrogens is 294 g/mol. The van der Waals surface area contributed by atoms with E-state index in [2.05, 4.69) is 10.2 Å². The first-order valence-corrected chi connectivity index (χ1v) is 8.13. The fraction of sp³-hybridized carbons (Fsp3) is 0.529. The molecule has 1 aliphatic carbocycles. The quantitative estimate of drug-likeness (QED) is 0.841. The zero-order chi connectivity index (χ0) is 16.3. The number of carbonyl (C=O) groups is 2. The highest BCUT2D eigenvalue weighted by molar-refractivity contribution is 5.87. The summed E-state index contributed by atoms with van der Waals surface area (Å²) in [5.41, 5.74) is 5.88. The number of primary amides is 1. The van der Waals surface area contributed by atoms with Gasteiger partial charge in [0.15, 0.2) is 6.61 Å². The molecule has 3 rings (SSSR count). The summed E-state index contributed by atoms with van der Waals surface area (Å²) in [6.07, 6.45) is 4.12. The normalized spacial score (nSPS) is 20.4. The summed E-state index contributed by atoms with van der Waals surface area (Å²) in [5, 5.41) is 3.02. The number of nitrogens with zero attached hydrogens (tertiary/aromatic N) is 1. The van der Waals surface area contributed by atoms with Gasteiger partial charge in [0.2, 0.25) is 5.91 Å². The van der Waals surface area contributed by atoms with Gasteiger partial charge in [-0.15, -0.1) is 0 Å². The molecule has 6 nitrogen and oxygen atoms in total. The van der Waals surface area contributed by atoms with Crippen LogP contribution in [0.25, 0.3) is 0 Å². The summed E-state index contributed by atoms with van der Waals surface area (Å²) in [5.74, 6) is 0.318. The standard InChI is InChI=1S/C17H23N3O3/c18-15(21)12-23-14-5-3-13(4-6-14)11-20-10-9-19-16(22)17(20)7-1-2-8-17/h3-6H,1-2,7-12H2,(H2,18,21)(H,19,22). The molecule has 0 atom stereocenters. The van der Waals surface area contributed by atoms with Crippen molar-refractivity contribution in [3.8, 4) is 5.75 Å². The summed E-state index contributed by atoms with van der Waals surface area (Å²) in [7, 11) is 0. The van der Waals surface area contributed by atoms with Gasteiger partial charge in [-0.3, -0.25) is 14.5 Å². The number of amides is 2. The second-order valence-electron chi connectivity index (χ2n) is 6.32. The SMILES string of the molecule is NC(=O)COc1ccc(CN2CCNC(=O)C23CCCC3)cc1. The van der Waals surface area contributed by atoms with Crippen LogP contribution in [0.3, 0.4) is 0 Å². The number of hydrogen-bond donors (Lipinski definition) is 2. The zero-order valence-corrected chi connectivity index (χ0v) is 13.2. The van der Waals surface area contributed by atoms with Gasteiger partial charge in [0.25, 0.3) is 5.91 Å². The lowest BCUT2D eigenvalue weighted by molar-refractivity contribution is -0.137. The number of nitrogens with one attached hydrogen (secondary N) is 1. The molecule has 0 aromatic heterocycles. The van der Waals surface area contributed by atoms with Gasteiger partial charge in [0.05, 0.1) is 0 Å². The average molecular weight is 317 g/mol. The molecule has 1 spiro atoms. The number of carbonyl (C=O) groups excluding carboxylic acids is 2. The van der Waals surface area contributed by atoms with Crippen LogP contribution in [0, 0.1) is 0 Å². The van der Waals surface area contributed by atoms with Gasteiger partial charge in [0, 0.05) is 19.6 Å². The maximum Gasteiger partial charge on any atom is 0.255 e. The number of ether oxygens (including phenoxy) is 1. The number of piperazine rings is 1. The fourth-order valence-corrected chi connectivity index (χ4v) is 3.63. The first-order valence-electron chi connectivity index (χ1n) is 8.13. The van der Waals surface area contributed by atoms with Crippen molar-refractivity contribution >= 4 is 11.8 Å². The molecule has 2 amide bonds. The highest BCUT2D eigenvalue weighted by Crippen LogP contribution is 2.37. The van der Waals surface area contributed by atoms with Crippen LogP contribution in [0.2, 0.25) is 0 Å². The van der Waals surface area contributed by atoms with Crippen LogP contribution < -0.4 is 15.8 Å². The Hall–Kier alpha value is -2.08. The van der Waals surface area contributed by atoms with Crippen LogP contribution in [0.5, 0.6) is 5.75 Å². The molecule has 6 heteroatoms. The van der Waals surface area contributed by atoms with Crippen molar-refractivity contribution in [1.82, 2.24) is 10.2 Å². The second kappa shape index (κ2) is 6.58. The van der Waals surface area contributed by atoms with E-state index in [1.165, 1.54) is 0 Å². The Morgan fingerprint density at radius 1 is 1.26 bits per heavy atom. The van der Waals surface area contributed by atoms with E-state index in [4.69, 9.17) is 10.5 Å². The molecule has 23 heavy (non-hydrogen) atoms. The average Bonchev–Trinajstić information content (AvgIpc) is 3.02. The highest BCUT2D eigenvalue weighted by Gasteiger charge is 2.47. The third-order valence-corrected chi connectivity index (χ3v) is 4.80. The Morgan fingerprint density at radius 3 is 2.61 bits per heavy atom. The van der Waals surface area contributed by atoms with E-state index in [-0.39, 0.29) is 18.1 Å². The summed E-state index contributed by atoms with van der Waals surface area (Å²) < 4.78 is 5.27. The number of hydrogen-bond acceptors (Lipinski definition) is 4. The predicted octanol–water partition coefficient (Wildman–Crippen LogP) is 0.795. The van der Waals surface area contributed by atoms with E-state index in [1.807, 2.05) is 24.3 Å². The Morgan fingerprint density at radius 2 is 1.96 bits per heavy atom. The van der Waals surface area contributed by atoms with Crippen LogP contribution in [0.15, 0.2) is 24.3 Å². The van der Waals surface area contributed by atoms with Gasteiger partial charge >= 0.3 is 0 Å². The lowest BCUT2D eigenvalue weighted by atomic mass is 9.91. The molecular formula is C17H23N3O3. The van der Waals surface area contributed by atoms with Crippen molar-refractivity contribution in [2.75, 3.05) is 19.7 Å². The van der Waals surface area contributed by atoms with Gasteiger partial charge in [-0.05, 0) is 30.5 Å². The van der Waals surface area contributed by atoms with Crippen molar-refractivity contribution in [2.24, 2.45) is 5.73 Å². The molecule has 1 heterocycles. The Bertz CT molecular complexity index is 579. The lowest BCUT2D eigenvalue weighted by Gasteiger charge is -2.43. The van der Waals surface area contributed by atoms with Crippen LogP contribution in [0.1, 0.15) is 31.2 Å². The van der Waals surface area contributed by atoms with E-state index < -0.39 is 5.91 Å². The van der Waals surface area contributed by atoms with Crippen molar-refractivity contribution in [2.45, 2.75) is 37.8 Å². The van der Waals surface area contributed by atoms with E-state index in [0.717, 1.165) is 44.3 Å². The summed E-state index contributed by atoms with van der Waals surface area (Å²) in [6.45, 7) is 2.23. The Labute approximate surface area is 136 Å². The maximum absolute atomic E-state index is 12.4. The molecule has 2 aliphatic rings. The summed E-state index contributed by atoms with van der Waals surface area (Å²) in [4.78, 5) is 25.5. The zero-order valence-electron chi connectivity index (χ0n) is 13.2. The molecule has 124 valence electrons. The highest BCUT2D eigenvalue weighted by atomic mass is 16.5. The molecule has 1 aromatic carbocycles. The van der Waals surface area contributed by atoms with E-state index in [0.29, 0.717) is 12.3 Å². The number of rotatable bonds is 5. The Kier molecular flexibility index (Phi) is 4.52. The minimum atomic E-state index is -0.489. The largest absolute Gasteiger partial charge is 0.484 e. The van der Waals surface area contributed by atoms with Gasteiger partial charge < -0.3 is 15.8 Å². The Balaban J connectivity index is 1.68. The monoisotopic (exact) mass is 317 g/mol. The summed E-state index contributed by atoms with van der Waals surface area (Å²) >= 11 is 0. The van der Waals surface area contributed by atoms with Gasteiger partial charge in [-0.1, -0.05) is 25.0 Å². The molecule has 1 saturated carbocycles. The molecule has 3 N–H and O–H groups in total. The first kappa shape index (κ1) is 15.8. The fourth-order valence-electron chi connectivity index (χ4n) is 3.63. The van der Waals surface area contributed by atoms with Crippen molar-refractivity contribution in [1.29, 1.82) is 0 Å². The van der Waals surface area contributed by atoms with Crippen LogP contribution in [-0.4, -0.2) is 41.9 Å². The second-order valence-corrected chi connectivity index (χ2v) is 6.32. The van der Waals surface area contributed by atoms with Crippen LogP contribution in [0.4, 0.5) is 0 Å². The molecule has 2 fully saturated rings. The number of nitrogens with two attached hydrogens (primary N) is 1. The predicted molar refractivity (Wildman–Crippen MR) is 85.8 cm³/mol.